The fourth-order valence-corrected chi connectivity index (χ4v) is 4.80. The number of halogens is 2. The summed E-state index contributed by atoms with van der Waals surface area (Å²) in [6, 6.07) is 16.6. The van der Waals surface area contributed by atoms with Crippen molar-refractivity contribution < 1.29 is 28.6 Å². The van der Waals surface area contributed by atoms with Gasteiger partial charge in [0.15, 0.2) is 11.5 Å². The van der Waals surface area contributed by atoms with E-state index in [0.29, 0.717) is 53.3 Å². The van der Waals surface area contributed by atoms with E-state index < -0.39 is 17.8 Å². The normalized spacial score (nSPS) is 14.3. The lowest BCUT2D eigenvalue weighted by atomic mass is 10.1. The summed E-state index contributed by atoms with van der Waals surface area (Å²) < 4.78 is 18.3. The Balaban J connectivity index is 1.58. The number of nitrogens with one attached hydrogen (secondary N) is 1. The van der Waals surface area contributed by atoms with Crippen molar-refractivity contribution in [1.29, 1.82) is 0 Å². The van der Waals surface area contributed by atoms with Crippen molar-refractivity contribution in [1.82, 2.24) is 5.32 Å². The molecule has 1 saturated heterocycles. The molecule has 1 heterocycles. The predicted octanol–water partition coefficient (Wildman–Crippen LogP) is 6.77. The van der Waals surface area contributed by atoms with Crippen LogP contribution in [0, 0.1) is 3.57 Å². The van der Waals surface area contributed by atoms with Crippen molar-refractivity contribution in [3.63, 3.8) is 0 Å². The number of carbonyl (C=O) groups is 3. The highest BCUT2D eigenvalue weighted by atomic mass is 127. The van der Waals surface area contributed by atoms with Crippen molar-refractivity contribution in [2.24, 2.45) is 0 Å². The van der Waals surface area contributed by atoms with Crippen LogP contribution in [0.2, 0.25) is 5.02 Å². The quantitative estimate of drug-likeness (QED) is 0.105. The highest BCUT2D eigenvalue weighted by Crippen LogP contribution is 2.36. The number of imide groups is 2. The van der Waals surface area contributed by atoms with Crippen molar-refractivity contribution >= 4 is 63.8 Å². The molecule has 4 rings (SSSR count). The summed E-state index contributed by atoms with van der Waals surface area (Å²) in [5.74, 6) is 0.124. The highest BCUT2D eigenvalue weighted by molar-refractivity contribution is 14.1. The molecule has 1 N–H and O–H groups in total. The summed E-state index contributed by atoms with van der Waals surface area (Å²) in [7, 11) is 0. The molecule has 0 bridgehead atoms. The maximum absolute atomic E-state index is 13.4. The van der Waals surface area contributed by atoms with Crippen molar-refractivity contribution in [2.45, 2.75) is 33.3 Å². The molecule has 0 saturated carbocycles. The van der Waals surface area contributed by atoms with Gasteiger partial charge in [-0.05, 0) is 102 Å². The van der Waals surface area contributed by atoms with Crippen LogP contribution in [0.4, 0.5) is 10.5 Å². The summed E-state index contributed by atoms with van der Waals surface area (Å²) in [5, 5.41) is 2.89. The van der Waals surface area contributed by atoms with E-state index in [1.807, 2.05) is 19.1 Å². The van der Waals surface area contributed by atoms with Crippen LogP contribution in [0.15, 0.2) is 66.2 Å². The Bertz CT molecular complexity index is 1420. The maximum atomic E-state index is 13.4. The standard InChI is InChI=1S/C30H28ClIN2O6/c1-3-5-14-39-23-12-10-22(11-13-23)34-29(36)24(28(35)33-30(34)37)15-20-16-25(32)27(26(17-20)38-4-2)40-18-19-6-8-21(31)9-7-19/h6-13,15-17H,3-5,14,18H2,1-2H3,(H,33,35,37)/b24-15-. The van der Waals surface area contributed by atoms with E-state index >= 15 is 0 Å². The van der Waals surface area contributed by atoms with Crippen LogP contribution in [0.1, 0.15) is 37.8 Å². The Morgan fingerprint density at radius 1 is 0.950 bits per heavy atom. The van der Waals surface area contributed by atoms with Gasteiger partial charge in [0.25, 0.3) is 11.8 Å². The number of barbiturate groups is 1. The van der Waals surface area contributed by atoms with Gasteiger partial charge in [-0.3, -0.25) is 14.9 Å². The largest absolute Gasteiger partial charge is 0.494 e. The van der Waals surface area contributed by atoms with E-state index in [1.54, 1.807) is 48.5 Å². The first-order valence-electron chi connectivity index (χ1n) is 12.8. The minimum absolute atomic E-state index is 0.184. The third-order valence-corrected chi connectivity index (χ3v) is 6.96. The molecule has 1 fully saturated rings. The Morgan fingerprint density at radius 3 is 2.35 bits per heavy atom. The van der Waals surface area contributed by atoms with Gasteiger partial charge in [0.1, 0.15) is 17.9 Å². The van der Waals surface area contributed by atoms with Crippen molar-refractivity contribution in [3.05, 3.63) is 86.0 Å². The number of rotatable bonds is 11. The number of carbonyl (C=O) groups excluding carboxylic acids is 3. The van der Waals surface area contributed by atoms with E-state index in [1.165, 1.54) is 6.08 Å². The molecule has 3 aromatic carbocycles. The van der Waals surface area contributed by atoms with Crippen LogP contribution in [0.3, 0.4) is 0 Å². The van der Waals surface area contributed by atoms with Gasteiger partial charge in [0, 0.05) is 5.02 Å². The molecular formula is C30H28ClIN2O6. The Hall–Kier alpha value is -3.57. The van der Waals surface area contributed by atoms with Gasteiger partial charge < -0.3 is 14.2 Å². The van der Waals surface area contributed by atoms with Crippen LogP contribution >= 0.6 is 34.2 Å². The maximum Gasteiger partial charge on any atom is 0.335 e. The average molecular weight is 675 g/mol. The highest BCUT2D eigenvalue weighted by Gasteiger charge is 2.37. The molecular weight excluding hydrogens is 647 g/mol. The number of urea groups is 1. The lowest BCUT2D eigenvalue weighted by molar-refractivity contribution is -0.122. The Kier molecular flexibility index (Phi) is 10.1. The molecule has 0 spiro atoms. The van der Waals surface area contributed by atoms with Gasteiger partial charge >= 0.3 is 6.03 Å². The molecule has 8 nitrogen and oxygen atoms in total. The average Bonchev–Trinajstić information content (AvgIpc) is 2.92. The third kappa shape index (κ3) is 7.14. The topological polar surface area (TPSA) is 94.2 Å². The zero-order chi connectivity index (χ0) is 28.6. The summed E-state index contributed by atoms with van der Waals surface area (Å²) in [6.45, 7) is 5.18. The zero-order valence-corrected chi connectivity index (χ0v) is 25.0. The smallest absolute Gasteiger partial charge is 0.335 e. The summed E-state index contributed by atoms with van der Waals surface area (Å²) >= 11 is 8.09. The number of amides is 4. The number of anilines is 1. The van der Waals surface area contributed by atoms with Gasteiger partial charge in [0.2, 0.25) is 0 Å². The van der Waals surface area contributed by atoms with Crippen LogP contribution in [-0.4, -0.2) is 31.1 Å². The third-order valence-electron chi connectivity index (χ3n) is 5.90. The number of unbranched alkanes of at least 4 members (excludes halogenated alkanes) is 1. The fourth-order valence-electron chi connectivity index (χ4n) is 3.89. The van der Waals surface area contributed by atoms with Gasteiger partial charge in [-0.25, -0.2) is 9.69 Å². The Morgan fingerprint density at radius 2 is 1.68 bits per heavy atom. The molecule has 1 aliphatic heterocycles. The second kappa shape index (κ2) is 13.7. The second-order valence-electron chi connectivity index (χ2n) is 8.83. The molecule has 1 aliphatic rings. The summed E-state index contributed by atoms with van der Waals surface area (Å²) in [5.41, 5.74) is 1.61. The van der Waals surface area contributed by atoms with E-state index in [0.717, 1.165) is 26.9 Å². The first kappa shape index (κ1) is 29.4. The van der Waals surface area contributed by atoms with Crippen LogP contribution in [-0.2, 0) is 16.2 Å². The minimum Gasteiger partial charge on any atom is -0.494 e. The fraction of sp³-hybridized carbons (Fsp3) is 0.233. The molecule has 4 amide bonds. The molecule has 208 valence electrons. The zero-order valence-electron chi connectivity index (χ0n) is 22.0. The number of nitrogens with zero attached hydrogens (tertiary/aromatic N) is 1. The van der Waals surface area contributed by atoms with Crippen LogP contribution in [0.25, 0.3) is 6.08 Å². The summed E-state index contributed by atoms with van der Waals surface area (Å²) in [4.78, 5) is 39.6. The first-order valence-corrected chi connectivity index (χ1v) is 14.2. The van der Waals surface area contributed by atoms with E-state index in [2.05, 4.69) is 34.8 Å². The molecule has 40 heavy (non-hydrogen) atoms. The minimum atomic E-state index is -0.817. The molecule has 0 aliphatic carbocycles. The molecule has 0 unspecified atom stereocenters. The lowest BCUT2D eigenvalue weighted by Gasteiger charge is -2.26. The first-order chi connectivity index (χ1) is 19.3. The van der Waals surface area contributed by atoms with E-state index in [4.69, 9.17) is 25.8 Å². The van der Waals surface area contributed by atoms with Gasteiger partial charge in [-0.15, -0.1) is 0 Å². The lowest BCUT2D eigenvalue weighted by Crippen LogP contribution is -2.54. The van der Waals surface area contributed by atoms with Crippen LogP contribution < -0.4 is 24.4 Å². The second-order valence-corrected chi connectivity index (χ2v) is 10.4. The SMILES string of the molecule is CCCCOc1ccc(N2C(=O)NC(=O)/C(=C/c3cc(I)c(OCc4ccc(Cl)cc4)c(OCC)c3)C2=O)cc1. The molecule has 0 radical (unpaired) electrons. The molecule has 0 aromatic heterocycles. The van der Waals surface area contributed by atoms with Crippen molar-refractivity contribution in [3.8, 4) is 17.2 Å². The monoisotopic (exact) mass is 674 g/mol. The molecule has 10 heteroatoms. The van der Waals surface area contributed by atoms with Gasteiger partial charge in [-0.2, -0.15) is 0 Å². The van der Waals surface area contributed by atoms with Gasteiger partial charge in [0.05, 0.1) is 22.5 Å². The number of benzene rings is 3. The van der Waals surface area contributed by atoms with Crippen molar-refractivity contribution in [2.75, 3.05) is 18.1 Å². The van der Waals surface area contributed by atoms with Gasteiger partial charge in [-0.1, -0.05) is 37.1 Å². The number of ether oxygens (including phenoxy) is 3. The van der Waals surface area contributed by atoms with Crippen LogP contribution in [0.5, 0.6) is 17.2 Å². The molecule has 3 aromatic rings. The number of hydrogen-bond acceptors (Lipinski definition) is 6. The van der Waals surface area contributed by atoms with E-state index in [9.17, 15) is 14.4 Å². The predicted molar refractivity (Wildman–Crippen MR) is 162 cm³/mol. The van der Waals surface area contributed by atoms with E-state index in [-0.39, 0.29) is 5.57 Å². The summed E-state index contributed by atoms with van der Waals surface area (Å²) in [6.07, 6.45) is 3.37. The Labute approximate surface area is 251 Å². The molecule has 0 atom stereocenters. The number of hydrogen-bond donors (Lipinski definition) is 1.